The van der Waals surface area contributed by atoms with Crippen LogP contribution in [0.3, 0.4) is 0 Å². The SMILES string of the molecule is COC(=O)c1ccc(-c2scnc2C)cc1. The van der Waals surface area contributed by atoms with Gasteiger partial charge in [0, 0.05) is 0 Å². The van der Waals surface area contributed by atoms with Crippen LogP contribution in [-0.4, -0.2) is 18.1 Å². The lowest BCUT2D eigenvalue weighted by atomic mass is 10.1. The van der Waals surface area contributed by atoms with Gasteiger partial charge >= 0.3 is 5.97 Å². The average molecular weight is 233 g/mol. The maximum atomic E-state index is 11.2. The molecular formula is C12H11NO2S. The van der Waals surface area contributed by atoms with Crippen molar-refractivity contribution in [2.24, 2.45) is 0 Å². The van der Waals surface area contributed by atoms with E-state index in [0.29, 0.717) is 5.56 Å². The van der Waals surface area contributed by atoms with E-state index in [1.165, 1.54) is 7.11 Å². The van der Waals surface area contributed by atoms with E-state index in [1.54, 1.807) is 23.5 Å². The first kappa shape index (κ1) is 10.8. The number of thiazole rings is 1. The summed E-state index contributed by atoms with van der Waals surface area (Å²) >= 11 is 1.60. The van der Waals surface area contributed by atoms with E-state index in [1.807, 2.05) is 24.6 Å². The van der Waals surface area contributed by atoms with Crippen molar-refractivity contribution >= 4 is 17.3 Å². The number of methoxy groups -OCH3 is 1. The van der Waals surface area contributed by atoms with E-state index >= 15 is 0 Å². The minimum Gasteiger partial charge on any atom is -0.465 e. The number of hydrogen-bond donors (Lipinski definition) is 0. The van der Waals surface area contributed by atoms with Crippen LogP contribution in [0, 0.1) is 6.92 Å². The fraction of sp³-hybridized carbons (Fsp3) is 0.167. The zero-order chi connectivity index (χ0) is 11.5. The molecule has 0 saturated heterocycles. The monoisotopic (exact) mass is 233 g/mol. The number of aromatic nitrogens is 1. The molecule has 0 atom stereocenters. The largest absolute Gasteiger partial charge is 0.465 e. The van der Waals surface area contributed by atoms with Crippen molar-refractivity contribution in [3.05, 3.63) is 41.0 Å². The highest BCUT2D eigenvalue weighted by molar-refractivity contribution is 7.13. The summed E-state index contributed by atoms with van der Waals surface area (Å²) in [5.41, 5.74) is 4.47. The number of hydrogen-bond acceptors (Lipinski definition) is 4. The number of aryl methyl sites for hydroxylation is 1. The Balaban J connectivity index is 2.33. The fourth-order valence-electron chi connectivity index (χ4n) is 1.45. The molecule has 4 heteroatoms. The van der Waals surface area contributed by atoms with Crippen molar-refractivity contribution in [2.75, 3.05) is 7.11 Å². The van der Waals surface area contributed by atoms with Crippen molar-refractivity contribution < 1.29 is 9.53 Å². The highest BCUT2D eigenvalue weighted by Crippen LogP contribution is 2.27. The van der Waals surface area contributed by atoms with Crippen LogP contribution in [0.5, 0.6) is 0 Å². The van der Waals surface area contributed by atoms with Gasteiger partial charge in [-0.15, -0.1) is 11.3 Å². The summed E-state index contributed by atoms with van der Waals surface area (Å²) in [4.78, 5) is 16.6. The third kappa shape index (κ3) is 1.97. The van der Waals surface area contributed by atoms with Gasteiger partial charge in [0.05, 0.1) is 28.8 Å². The van der Waals surface area contributed by atoms with Gasteiger partial charge in [0.15, 0.2) is 0 Å². The van der Waals surface area contributed by atoms with E-state index in [2.05, 4.69) is 9.72 Å². The molecule has 16 heavy (non-hydrogen) atoms. The van der Waals surface area contributed by atoms with Crippen LogP contribution >= 0.6 is 11.3 Å². The molecular weight excluding hydrogens is 222 g/mol. The van der Waals surface area contributed by atoms with Gasteiger partial charge in [-0.1, -0.05) is 12.1 Å². The van der Waals surface area contributed by atoms with Crippen molar-refractivity contribution in [1.82, 2.24) is 4.98 Å². The summed E-state index contributed by atoms with van der Waals surface area (Å²) in [6.45, 7) is 1.97. The molecule has 0 spiro atoms. The van der Waals surface area contributed by atoms with Gasteiger partial charge in [0.25, 0.3) is 0 Å². The lowest BCUT2D eigenvalue weighted by Gasteiger charge is -2.01. The molecule has 0 saturated carbocycles. The molecule has 1 heterocycles. The number of rotatable bonds is 2. The van der Waals surface area contributed by atoms with Crippen LogP contribution in [0.15, 0.2) is 29.8 Å². The number of benzene rings is 1. The Morgan fingerprint density at radius 3 is 2.50 bits per heavy atom. The Bertz CT molecular complexity index is 502. The molecule has 0 N–H and O–H groups in total. The standard InChI is InChI=1S/C12H11NO2S/c1-8-11(16-7-13-8)9-3-5-10(6-4-9)12(14)15-2/h3-7H,1-2H3. The molecule has 0 amide bonds. The highest BCUT2D eigenvalue weighted by atomic mass is 32.1. The predicted molar refractivity (Wildman–Crippen MR) is 63.6 cm³/mol. The van der Waals surface area contributed by atoms with Gasteiger partial charge in [-0.2, -0.15) is 0 Å². The maximum absolute atomic E-state index is 11.2. The second kappa shape index (κ2) is 4.45. The quantitative estimate of drug-likeness (QED) is 0.749. The second-order valence-corrected chi connectivity index (χ2v) is 4.19. The van der Waals surface area contributed by atoms with Crippen molar-refractivity contribution in [3.63, 3.8) is 0 Å². The molecule has 82 valence electrons. The Kier molecular flexibility index (Phi) is 3.01. The first-order chi connectivity index (χ1) is 7.72. The zero-order valence-electron chi connectivity index (χ0n) is 9.06. The third-order valence-electron chi connectivity index (χ3n) is 2.31. The Labute approximate surface area is 97.7 Å². The topological polar surface area (TPSA) is 39.2 Å². The summed E-state index contributed by atoms with van der Waals surface area (Å²) < 4.78 is 4.64. The smallest absolute Gasteiger partial charge is 0.337 e. The summed E-state index contributed by atoms with van der Waals surface area (Å²) in [5, 5.41) is 0. The Morgan fingerprint density at radius 1 is 1.31 bits per heavy atom. The molecule has 3 nitrogen and oxygen atoms in total. The maximum Gasteiger partial charge on any atom is 0.337 e. The van der Waals surface area contributed by atoms with Crippen molar-refractivity contribution in [2.45, 2.75) is 6.92 Å². The molecule has 0 radical (unpaired) electrons. The van der Waals surface area contributed by atoms with Crippen LogP contribution in [0.25, 0.3) is 10.4 Å². The van der Waals surface area contributed by atoms with E-state index in [-0.39, 0.29) is 5.97 Å². The summed E-state index contributed by atoms with van der Waals surface area (Å²) in [7, 11) is 1.38. The minimum atomic E-state index is -0.312. The van der Waals surface area contributed by atoms with Gasteiger partial charge in [-0.3, -0.25) is 0 Å². The number of carbonyl (C=O) groups is 1. The van der Waals surface area contributed by atoms with Gasteiger partial charge in [-0.25, -0.2) is 9.78 Å². The van der Waals surface area contributed by atoms with E-state index in [0.717, 1.165) is 16.1 Å². The molecule has 0 fully saturated rings. The van der Waals surface area contributed by atoms with Crippen LogP contribution < -0.4 is 0 Å². The molecule has 1 aromatic heterocycles. The molecule has 0 aliphatic rings. The molecule has 1 aromatic carbocycles. The van der Waals surface area contributed by atoms with Crippen LogP contribution in [0.2, 0.25) is 0 Å². The van der Waals surface area contributed by atoms with Gasteiger partial charge in [0.2, 0.25) is 0 Å². The van der Waals surface area contributed by atoms with Crippen LogP contribution in [0.1, 0.15) is 16.1 Å². The zero-order valence-corrected chi connectivity index (χ0v) is 9.88. The summed E-state index contributed by atoms with van der Waals surface area (Å²) in [6, 6.07) is 7.35. The van der Waals surface area contributed by atoms with Gasteiger partial charge in [0.1, 0.15) is 0 Å². The van der Waals surface area contributed by atoms with Gasteiger partial charge < -0.3 is 4.74 Å². The Morgan fingerprint density at radius 2 is 2.00 bits per heavy atom. The van der Waals surface area contributed by atoms with Gasteiger partial charge in [-0.05, 0) is 24.6 Å². The lowest BCUT2D eigenvalue weighted by molar-refractivity contribution is 0.0601. The summed E-state index contributed by atoms with van der Waals surface area (Å²) in [6.07, 6.45) is 0. The molecule has 2 rings (SSSR count). The first-order valence-corrected chi connectivity index (χ1v) is 5.69. The first-order valence-electron chi connectivity index (χ1n) is 4.81. The van der Waals surface area contributed by atoms with E-state index < -0.39 is 0 Å². The minimum absolute atomic E-state index is 0.312. The second-order valence-electron chi connectivity index (χ2n) is 3.34. The number of nitrogens with zero attached hydrogens (tertiary/aromatic N) is 1. The van der Waals surface area contributed by atoms with E-state index in [4.69, 9.17) is 0 Å². The number of esters is 1. The molecule has 2 aromatic rings. The summed E-state index contributed by atoms with van der Waals surface area (Å²) in [5.74, 6) is -0.312. The number of carbonyl (C=O) groups excluding carboxylic acids is 1. The average Bonchev–Trinajstić information content (AvgIpc) is 2.75. The molecule has 0 aliphatic carbocycles. The lowest BCUT2D eigenvalue weighted by Crippen LogP contribution is -2.00. The molecule has 0 unspecified atom stereocenters. The van der Waals surface area contributed by atoms with Crippen molar-refractivity contribution in [1.29, 1.82) is 0 Å². The highest BCUT2D eigenvalue weighted by Gasteiger charge is 2.07. The van der Waals surface area contributed by atoms with Crippen LogP contribution in [-0.2, 0) is 4.74 Å². The number of ether oxygens (including phenoxy) is 1. The van der Waals surface area contributed by atoms with Crippen LogP contribution in [0.4, 0.5) is 0 Å². The Hall–Kier alpha value is -1.68. The predicted octanol–water partition coefficient (Wildman–Crippen LogP) is 2.91. The van der Waals surface area contributed by atoms with Crippen molar-refractivity contribution in [3.8, 4) is 10.4 Å². The third-order valence-corrected chi connectivity index (χ3v) is 3.29. The molecule has 0 bridgehead atoms. The van der Waals surface area contributed by atoms with E-state index in [9.17, 15) is 4.79 Å². The fourth-order valence-corrected chi connectivity index (χ4v) is 2.27. The molecule has 0 aliphatic heterocycles. The normalized spacial score (nSPS) is 10.1.